The fraction of sp³-hybridized carbons (Fsp3) is 0.346. The highest BCUT2D eigenvalue weighted by molar-refractivity contribution is 7.80. The van der Waals surface area contributed by atoms with Gasteiger partial charge in [0, 0.05) is 23.7 Å². The summed E-state index contributed by atoms with van der Waals surface area (Å²) in [4.78, 5) is 5.45. The standard InChI is InChI=1S/C26H31N5OS/c1-5-7-17(6-2)21-14-22(28-16-26(3,4)32)24-27-15-23(31(24)30-21)18-8-10-19(11-9-18)25(33)29-20-12-13-20/h5-11,14-15,20,28,32H,12-13,16H2,1-4H3,(H,29,33). The van der Waals surface area contributed by atoms with Gasteiger partial charge in [0.15, 0.2) is 5.65 Å². The van der Waals surface area contributed by atoms with Crippen molar-refractivity contribution in [2.24, 2.45) is 0 Å². The monoisotopic (exact) mass is 461 g/mol. The van der Waals surface area contributed by atoms with Crippen LogP contribution in [0.1, 0.15) is 51.8 Å². The minimum Gasteiger partial charge on any atom is -0.389 e. The molecule has 7 heteroatoms. The summed E-state index contributed by atoms with van der Waals surface area (Å²) in [5, 5.41) is 21.9. The highest BCUT2D eigenvalue weighted by atomic mass is 32.1. The Morgan fingerprint density at radius 1 is 1.24 bits per heavy atom. The third-order valence-electron chi connectivity index (χ3n) is 5.49. The van der Waals surface area contributed by atoms with Crippen molar-refractivity contribution in [1.29, 1.82) is 0 Å². The molecule has 0 aliphatic heterocycles. The number of imidazole rings is 1. The molecule has 1 saturated carbocycles. The van der Waals surface area contributed by atoms with Crippen LogP contribution in [-0.2, 0) is 0 Å². The molecule has 1 aliphatic carbocycles. The fourth-order valence-electron chi connectivity index (χ4n) is 3.55. The van der Waals surface area contributed by atoms with Crippen LogP contribution in [0.5, 0.6) is 0 Å². The maximum absolute atomic E-state index is 10.2. The van der Waals surface area contributed by atoms with Gasteiger partial charge in [-0.05, 0) is 52.2 Å². The lowest BCUT2D eigenvalue weighted by molar-refractivity contribution is 0.0945. The van der Waals surface area contributed by atoms with E-state index in [1.807, 2.05) is 61.0 Å². The van der Waals surface area contributed by atoms with E-state index in [2.05, 4.69) is 27.8 Å². The zero-order chi connectivity index (χ0) is 23.6. The first-order valence-corrected chi connectivity index (χ1v) is 11.8. The summed E-state index contributed by atoms with van der Waals surface area (Å²) in [6, 6.07) is 10.7. The minimum atomic E-state index is -0.856. The highest BCUT2D eigenvalue weighted by Gasteiger charge is 2.22. The SMILES string of the molecule is CC=CC(=CC)c1cc(NCC(C)(C)O)c2ncc(-c3ccc(C(=S)NC4CC4)cc3)n2n1. The number of hydrogen-bond acceptors (Lipinski definition) is 5. The third-order valence-corrected chi connectivity index (χ3v) is 5.84. The van der Waals surface area contributed by atoms with Crippen molar-refractivity contribution in [2.45, 2.75) is 52.2 Å². The van der Waals surface area contributed by atoms with Crippen LogP contribution in [0, 0.1) is 0 Å². The van der Waals surface area contributed by atoms with Crippen LogP contribution in [0.25, 0.3) is 22.5 Å². The van der Waals surface area contributed by atoms with Gasteiger partial charge in [0.2, 0.25) is 0 Å². The quantitative estimate of drug-likeness (QED) is 0.324. The van der Waals surface area contributed by atoms with Gasteiger partial charge in [0.1, 0.15) is 4.99 Å². The molecule has 0 unspecified atom stereocenters. The van der Waals surface area contributed by atoms with Crippen molar-refractivity contribution in [3.8, 4) is 11.3 Å². The van der Waals surface area contributed by atoms with Gasteiger partial charge >= 0.3 is 0 Å². The van der Waals surface area contributed by atoms with Gasteiger partial charge < -0.3 is 15.7 Å². The van der Waals surface area contributed by atoms with Crippen LogP contribution < -0.4 is 10.6 Å². The Morgan fingerprint density at radius 2 is 1.97 bits per heavy atom. The second-order valence-corrected chi connectivity index (χ2v) is 9.47. The van der Waals surface area contributed by atoms with Crippen molar-refractivity contribution in [3.63, 3.8) is 0 Å². The van der Waals surface area contributed by atoms with Gasteiger partial charge in [0.25, 0.3) is 0 Å². The van der Waals surface area contributed by atoms with Crippen molar-refractivity contribution in [1.82, 2.24) is 19.9 Å². The summed E-state index contributed by atoms with van der Waals surface area (Å²) in [5.41, 5.74) is 5.43. The van der Waals surface area contributed by atoms with Crippen LogP contribution in [0.3, 0.4) is 0 Å². The van der Waals surface area contributed by atoms with Crippen LogP contribution >= 0.6 is 12.2 Å². The van der Waals surface area contributed by atoms with Gasteiger partial charge in [-0.3, -0.25) is 0 Å². The van der Waals surface area contributed by atoms with E-state index in [0.717, 1.165) is 38.8 Å². The predicted molar refractivity (Wildman–Crippen MR) is 140 cm³/mol. The van der Waals surface area contributed by atoms with E-state index in [-0.39, 0.29) is 0 Å². The summed E-state index contributed by atoms with van der Waals surface area (Å²) < 4.78 is 1.87. The molecule has 3 aromatic rings. The molecule has 0 amide bonds. The van der Waals surface area contributed by atoms with Crippen molar-refractivity contribution >= 4 is 34.1 Å². The predicted octanol–water partition coefficient (Wildman–Crippen LogP) is 4.99. The number of hydrogen-bond donors (Lipinski definition) is 3. The summed E-state index contributed by atoms with van der Waals surface area (Å²) in [7, 11) is 0. The second-order valence-electron chi connectivity index (χ2n) is 9.06. The smallest absolute Gasteiger partial charge is 0.177 e. The molecule has 0 bridgehead atoms. The number of thiocarbonyl (C=S) groups is 1. The molecule has 3 N–H and O–H groups in total. The lowest BCUT2D eigenvalue weighted by Crippen LogP contribution is -2.29. The van der Waals surface area contributed by atoms with Gasteiger partial charge in [0.05, 0.1) is 28.9 Å². The van der Waals surface area contributed by atoms with E-state index < -0.39 is 5.60 Å². The van der Waals surface area contributed by atoms with E-state index >= 15 is 0 Å². The number of aromatic nitrogens is 3. The zero-order valence-electron chi connectivity index (χ0n) is 19.6. The molecule has 0 atom stereocenters. The van der Waals surface area contributed by atoms with Gasteiger partial charge in [-0.1, -0.05) is 54.7 Å². The zero-order valence-corrected chi connectivity index (χ0v) is 20.4. The second kappa shape index (κ2) is 9.45. The molecular formula is C26H31N5OS. The van der Waals surface area contributed by atoms with Crippen molar-refractivity contribution in [2.75, 3.05) is 11.9 Å². The van der Waals surface area contributed by atoms with E-state index in [1.54, 1.807) is 13.8 Å². The van der Waals surface area contributed by atoms with Crippen LogP contribution in [0.2, 0.25) is 0 Å². The molecule has 2 heterocycles. The third kappa shape index (κ3) is 5.49. The number of anilines is 1. The molecule has 4 rings (SSSR count). The Balaban J connectivity index is 1.74. The van der Waals surface area contributed by atoms with Gasteiger partial charge in [-0.2, -0.15) is 5.10 Å². The molecule has 2 aromatic heterocycles. The van der Waals surface area contributed by atoms with Crippen LogP contribution in [0.15, 0.2) is 54.8 Å². The number of aliphatic hydroxyl groups is 1. The molecular weight excluding hydrogens is 430 g/mol. The van der Waals surface area contributed by atoms with E-state index in [9.17, 15) is 5.11 Å². The molecule has 1 fully saturated rings. The minimum absolute atomic E-state index is 0.392. The first-order chi connectivity index (χ1) is 15.8. The van der Waals surface area contributed by atoms with Gasteiger partial charge in [-0.25, -0.2) is 9.50 Å². The Labute approximate surface area is 200 Å². The molecule has 1 aromatic carbocycles. The summed E-state index contributed by atoms with van der Waals surface area (Å²) in [5.74, 6) is 0. The topological polar surface area (TPSA) is 74.5 Å². The number of nitrogens with zero attached hydrogens (tertiary/aromatic N) is 3. The Morgan fingerprint density at radius 3 is 2.58 bits per heavy atom. The molecule has 33 heavy (non-hydrogen) atoms. The summed E-state index contributed by atoms with van der Waals surface area (Å²) in [6.45, 7) is 7.93. The first kappa shape index (κ1) is 23.1. The van der Waals surface area contributed by atoms with Crippen LogP contribution in [0.4, 0.5) is 5.69 Å². The Hall–Kier alpha value is -3.03. The molecule has 0 radical (unpaired) electrons. The highest BCUT2D eigenvalue weighted by Crippen LogP contribution is 2.28. The molecule has 1 aliphatic rings. The first-order valence-electron chi connectivity index (χ1n) is 11.3. The Bertz CT molecular complexity index is 1210. The van der Waals surface area contributed by atoms with E-state index in [0.29, 0.717) is 18.2 Å². The maximum atomic E-state index is 10.2. The Kier molecular flexibility index (Phi) is 6.63. The average Bonchev–Trinajstić information content (AvgIpc) is 3.50. The lowest BCUT2D eigenvalue weighted by atomic mass is 10.1. The lowest BCUT2D eigenvalue weighted by Gasteiger charge is -2.19. The van der Waals surface area contributed by atoms with Crippen LogP contribution in [-0.4, -0.2) is 42.9 Å². The molecule has 0 spiro atoms. The number of fused-ring (bicyclic) bond motifs is 1. The van der Waals surface area contributed by atoms with Crippen molar-refractivity contribution < 1.29 is 5.11 Å². The number of rotatable bonds is 8. The number of allylic oxidation sites excluding steroid dienone is 4. The number of benzene rings is 1. The maximum Gasteiger partial charge on any atom is 0.177 e. The number of nitrogens with one attached hydrogen (secondary N) is 2. The van der Waals surface area contributed by atoms with Gasteiger partial charge in [-0.15, -0.1) is 0 Å². The summed E-state index contributed by atoms with van der Waals surface area (Å²) in [6.07, 6.45) is 10.3. The normalized spacial score (nSPS) is 14.8. The largest absolute Gasteiger partial charge is 0.389 e. The summed E-state index contributed by atoms with van der Waals surface area (Å²) >= 11 is 5.53. The van der Waals surface area contributed by atoms with E-state index in [1.165, 1.54) is 12.8 Å². The van der Waals surface area contributed by atoms with E-state index in [4.69, 9.17) is 17.3 Å². The average molecular weight is 462 g/mol. The molecule has 6 nitrogen and oxygen atoms in total. The molecule has 172 valence electrons. The van der Waals surface area contributed by atoms with Crippen molar-refractivity contribution in [3.05, 3.63) is 66.0 Å². The molecule has 0 saturated heterocycles. The fourth-order valence-corrected chi connectivity index (χ4v) is 3.85.